The second-order valence-electron chi connectivity index (χ2n) is 5.53. The smallest absolute Gasteiger partial charge is 0.272 e. The molecular formula is C13H15FN4O2S. The summed E-state index contributed by atoms with van der Waals surface area (Å²) in [7, 11) is 0. The minimum atomic E-state index is -0.671. The van der Waals surface area contributed by atoms with E-state index in [1.54, 1.807) is 0 Å². The van der Waals surface area contributed by atoms with Crippen LogP contribution in [-0.4, -0.2) is 20.7 Å². The van der Waals surface area contributed by atoms with Gasteiger partial charge in [0.2, 0.25) is 0 Å². The molecule has 2 rings (SSSR count). The van der Waals surface area contributed by atoms with Crippen molar-refractivity contribution in [1.29, 1.82) is 0 Å². The molecule has 0 spiro atoms. The average molecular weight is 310 g/mol. The molecule has 1 N–H and O–H groups in total. The number of aromatic nitrogens is 2. The fraction of sp³-hybridized carbons (Fsp3) is 0.385. The zero-order valence-electron chi connectivity index (χ0n) is 11.9. The number of nitrogens with one attached hydrogen (secondary N) is 1. The van der Waals surface area contributed by atoms with Gasteiger partial charge in [0.1, 0.15) is 10.8 Å². The van der Waals surface area contributed by atoms with Crippen molar-refractivity contribution in [1.82, 2.24) is 15.5 Å². The predicted octanol–water partition coefficient (Wildman–Crippen LogP) is 3.14. The molecule has 0 aliphatic carbocycles. The molecule has 0 unspecified atom stereocenters. The maximum atomic E-state index is 13.9. The van der Waals surface area contributed by atoms with Gasteiger partial charge < -0.3 is 5.32 Å². The van der Waals surface area contributed by atoms with Gasteiger partial charge in [-0.05, 0) is 26.8 Å². The lowest BCUT2D eigenvalue weighted by Gasteiger charge is -2.19. The molecular weight excluding hydrogens is 295 g/mol. The van der Waals surface area contributed by atoms with Crippen molar-refractivity contribution in [2.45, 2.75) is 32.9 Å². The van der Waals surface area contributed by atoms with Crippen LogP contribution in [0, 0.1) is 15.9 Å². The SMILES string of the molecule is CC(C)(C)NCc1nnc(-c2ccc([N+](=O)[O-])cc2F)s1. The summed E-state index contributed by atoms with van der Waals surface area (Å²) in [6, 6.07) is 3.51. The Hall–Kier alpha value is -1.93. The molecule has 21 heavy (non-hydrogen) atoms. The van der Waals surface area contributed by atoms with E-state index in [0.29, 0.717) is 11.6 Å². The highest BCUT2D eigenvalue weighted by molar-refractivity contribution is 7.14. The van der Waals surface area contributed by atoms with E-state index in [0.717, 1.165) is 11.1 Å². The quantitative estimate of drug-likeness (QED) is 0.693. The fourth-order valence-corrected chi connectivity index (χ4v) is 2.37. The number of halogens is 1. The third-order valence-electron chi connectivity index (χ3n) is 2.63. The second kappa shape index (κ2) is 5.82. The van der Waals surface area contributed by atoms with Crippen molar-refractivity contribution >= 4 is 17.0 Å². The summed E-state index contributed by atoms with van der Waals surface area (Å²) in [5.74, 6) is -0.671. The monoisotopic (exact) mass is 310 g/mol. The molecule has 8 heteroatoms. The van der Waals surface area contributed by atoms with Gasteiger partial charge in [-0.3, -0.25) is 10.1 Å². The molecule has 0 amide bonds. The Balaban J connectivity index is 2.20. The Labute approximate surface area is 125 Å². The number of nitro benzene ring substituents is 1. The predicted molar refractivity (Wildman–Crippen MR) is 78.6 cm³/mol. The van der Waals surface area contributed by atoms with Crippen molar-refractivity contribution in [3.05, 3.63) is 39.1 Å². The highest BCUT2D eigenvalue weighted by atomic mass is 32.1. The van der Waals surface area contributed by atoms with Crippen LogP contribution in [0.15, 0.2) is 18.2 Å². The van der Waals surface area contributed by atoms with E-state index in [-0.39, 0.29) is 16.8 Å². The largest absolute Gasteiger partial charge is 0.306 e. The summed E-state index contributed by atoms with van der Waals surface area (Å²) < 4.78 is 13.9. The minimum absolute atomic E-state index is 0.0511. The van der Waals surface area contributed by atoms with Crippen LogP contribution in [0.5, 0.6) is 0 Å². The van der Waals surface area contributed by atoms with Gasteiger partial charge in [-0.15, -0.1) is 10.2 Å². The molecule has 6 nitrogen and oxygen atoms in total. The Morgan fingerprint density at radius 1 is 1.38 bits per heavy atom. The molecule has 0 bridgehead atoms. The van der Waals surface area contributed by atoms with Crippen LogP contribution in [0.3, 0.4) is 0 Å². The molecule has 2 aromatic rings. The molecule has 0 aliphatic heterocycles. The summed E-state index contributed by atoms with van der Waals surface area (Å²) in [4.78, 5) is 9.96. The van der Waals surface area contributed by atoms with Crippen LogP contribution in [0.2, 0.25) is 0 Å². The lowest BCUT2D eigenvalue weighted by Crippen LogP contribution is -2.35. The Morgan fingerprint density at radius 3 is 2.67 bits per heavy atom. The first kappa shape index (κ1) is 15.5. The standard InChI is InChI=1S/C13H15FN4O2S/c1-13(2,3)15-7-11-16-17-12(21-11)9-5-4-8(18(19)20)6-10(9)14/h4-6,15H,7H2,1-3H3. The summed E-state index contributed by atoms with van der Waals surface area (Å²) in [5.41, 5.74) is -0.111. The number of nitro groups is 1. The lowest BCUT2D eigenvalue weighted by atomic mass is 10.1. The molecule has 0 saturated heterocycles. The fourth-order valence-electron chi connectivity index (χ4n) is 1.57. The van der Waals surface area contributed by atoms with Crippen molar-refractivity contribution in [2.24, 2.45) is 0 Å². The highest BCUT2D eigenvalue weighted by Gasteiger charge is 2.16. The zero-order valence-corrected chi connectivity index (χ0v) is 12.7. The number of rotatable bonds is 4. The van der Waals surface area contributed by atoms with E-state index in [4.69, 9.17) is 0 Å². The van der Waals surface area contributed by atoms with Crippen molar-refractivity contribution in [3.63, 3.8) is 0 Å². The van der Waals surface area contributed by atoms with Crippen molar-refractivity contribution in [2.75, 3.05) is 0 Å². The van der Waals surface area contributed by atoms with E-state index in [1.807, 2.05) is 20.8 Å². The second-order valence-corrected chi connectivity index (χ2v) is 6.59. The van der Waals surface area contributed by atoms with Crippen molar-refractivity contribution in [3.8, 4) is 10.6 Å². The zero-order chi connectivity index (χ0) is 15.6. The van der Waals surface area contributed by atoms with Crippen LogP contribution in [-0.2, 0) is 6.54 Å². The van der Waals surface area contributed by atoms with Crippen LogP contribution >= 0.6 is 11.3 Å². The molecule has 0 aliphatic rings. The molecule has 1 heterocycles. The van der Waals surface area contributed by atoms with Gasteiger partial charge in [0.25, 0.3) is 5.69 Å². The third-order valence-corrected chi connectivity index (χ3v) is 3.59. The van der Waals surface area contributed by atoms with Gasteiger partial charge >= 0.3 is 0 Å². The van der Waals surface area contributed by atoms with Crippen LogP contribution in [0.25, 0.3) is 10.6 Å². The maximum Gasteiger partial charge on any atom is 0.272 e. The summed E-state index contributed by atoms with van der Waals surface area (Å²) in [6.07, 6.45) is 0. The Bertz CT molecular complexity index is 666. The summed E-state index contributed by atoms with van der Waals surface area (Å²) in [6.45, 7) is 6.64. The van der Waals surface area contributed by atoms with Crippen LogP contribution in [0.1, 0.15) is 25.8 Å². The van der Waals surface area contributed by atoms with Gasteiger partial charge in [0, 0.05) is 17.2 Å². The van der Waals surface area contributed by atoms with E-state index in [2.05, 4.69) is 15.5 Å². The first-order valence-corrected chi connectivity index (χ1v) is 7.09. The third kappa shape index (κ3) is 4.02. The van der Waals surface area contributed by atoms with E-state index in [1.165, 1.54) is 23.5 Å². The highest BCUT2D eigenvalue weighted by Crippen LogP contribution is 2.28. The van der Waals surface area contributed by atoms with Crippen LogP contribution < -0.4 is 5.32 Å². The minimum Gasteiger partial charge on any atom is -0.306 e. The van der Waals surface area contributed by atoms with Gasteiger partial charge in [0.05, 0.1) is 17.5 Å². The van der Waals surface area contributed by atoms with Gasteiger partial charge in [-0.25, -0.2) is 4.39 Å². The summed E-state index contributed by atoms with van der Waals surface area (Å²) in [5, 5.41) is 22.9. The van der Waals surface area contributed by atoms with Gasteiger partial charge in [-0.2, -0.15) is 0 Å². The lowest BCUT2D eigenvalue weighted by molar-refractivity contribution is -0.385. The topological polar surface area (TPSA) is 81.0 Å². The van der Waals surface area contributed by atoms with Crippen LogP contribution in [0.4, 0.5) is 10.1 Å². The first-order chi connectivity index (χ1) is 9.76. The molecule has 0 fully saturated rings. The molecule has 0 atom stereocenters. The molecule has 0 radical (unpaired) electrons. The maximum absolute atomic E-state index is 13.9. The number of hydrogen-bond acceptors (Lipinski definition) is 6. The Kier molecular flexibility index (Phi) is 4.29. The van der Waals surface area contributed by atoms with E-state index < -0.39 is 10.7 Å². The normalized spacial score (nSPS) is 11.6. The number of nitrogens with zero attached hydrogens (tertiary/aromatic N) is 3. The Morgan fingerprint density at radius 2 is 2.10 bits per heavy atom. The molecule has 112 valence electrons. The van der Waals surface area contributed by atoms with Gasteiger partial charge in [-0.1, -0.05) is 11.3 Å². The average Bonchev–Trinajstić information content (AvgIpc) is 2.84. The first-order valence-electron chi connectivity index (χ1n) is 6.28. The van der Waals surface area contributed by atoms with Gasteiger partial charge in [0.15, 0.2) is 5.01 Å². The van der Waals surface area contributed by atoms with E-state index in [9.17, 15) is 14.5 Å². The molecule has 0 saturated carbocycles. The molecule has 1 aromatic carbocycles. The summed E-state index contributed by atoms with van der Waals surface area (Å²) >= 11 is 1.26. The van der Waals surface area contributed by atoms with E-state index >= 15 is 0 Å². The molecule has 1 aromatic heterocycles. The number of benzene rings is 1. The van der Waals surface area contributed by atoms with Crippen molar-refractivity contribution < 1.29 is 9.31 Å². The number of hydrogen-bond donors (Lipinski definition) is 1. The number of non-ortho nitro benzene ring substituents is 1.